The lowest BCUT2D eigenvalue weighted by molar-refractivity contribution is -0.122. The number of nitrogens with one attached hydrogen (secondary N) is 1. The normalized spacial score (nSPS) is 16.3. The summed E-state index contributed by atoms with van der Waals surface area (Å²) in [6.07, 6.45) is 0.0214. The maximum absolute atomic E-state index is 12.5. The molecule has 0 aromatic heterocycles. The molecule has 2 aromatic rings. The van der Waals surface area contributed by atoms with Gasteiger partial charge in [-0.25, -0.2) is 13.2 Å². The number of benzene rings is 2. The summed E-state index contributed by atoms with van der Waals surface area (Å²) in [7, 11) is -3.59. The van der Waals surface area contributed by atoms with E-state index in [1.54, 1.807) is 24.3 Å². The van der Waals surface area contributed by atoms with E-state index in [9.17, 15) is 18.0 Å². The van der Waals surface area contributed by atoms with Gasteiger partial charge in [0, 0.05) is 5.69 Å². The van der Waals surface area contributed by atoms with E-state index in [1.807, 2.05) is 0 Å². The first-order chi connectivity index (χ1) is 12.3. The fraction of sp³-hybridized carbons (Fsp3) is 0.176. The molecule has 1 aliphatic rings. The van der Waals surface area contributed by atoms with Gasteiger partial charge in [-0.05, 0) is 36.4 Å². The number of carboxylic acids is 1. The third-order valence-electron chi connectivity index (χ3n) is 3.83. The summed E-state index contributed by atoms with van der Waals surface area (Å²) < 4.78 is 30.9. The molecule has 0 saturated carbocycles. The zero-order valence-corrected chi connectivity index (χ0v) is 14.6. The Labute approximate surface area is 150 Å². The largest absolute Gasteiger partial charge is 0.478 e. The minimum absolute atomic E-state index is 0.0918. The Morgan fingerprint density at radius 2 is 1.81 bits per heavy atom. The van der Waals surface area contributed by atoms with Crippen LogP contribution in [0.4, 0.5) is 11.4 Å². The fourth-order valence-corrected chi connectivity index (χ4v) is 3.49. The van der Waals surface area contributed by atoms with Crippen molar-refractivity contribution < 1.29 is 27.9 Å². The number of rotatable bonds is 4. The van der Waals surface area contributed by atoms with E-state index in [0.29, 0.717) is 17.1 Å². The lowest BCUT2D eigenvalue weighted by atomic mass is 10.2. The second kappa shape index (κ2) is 6.68. The van der Waals surface area contributed by atoms with Crippen LogP contribution in [0.25, 0.3) is 0 Å². The van der Waals surface area contributed by atoms with Crippen molar-refractivity contribution in [3.63, 3.8) is 0 Å². The Bertz CT molecular complexity index is 955. The first-order valence-electron chi connectivity index (χ1n) is 7.63. The van der Waals surface area contributed by atoms with Crippen LogP contribution in [0, 0.1) is 0 Å². The zero-order valence-electron chi connectivity index (χ0n) is 13.7. The molecule has 2 N–H and O–H groups in total. The number of hydrogen-bond donors (Lipinski definition) is 2. The van der Waals surface area contributed by atoms with E-state index in [1.165, 1.54) is 24.3 Å². The van der Waals surface area contributed by atoms with Gasteiger partial charge >= 0.3 is 5.97 Å². The Morgan fingerprint density at radius 1 is 1.15 bits per heavy atom. The minimum atomic E-state index is -3.59. The molecule has 0 saturated heterocycles. The summed E-state index contributed by atoms with van der Waals surface area (Å²) in [5, 5.41) is 11.5. The molecule has 0 aliphatic carbocycles. The maximum Gasteiger partial charge on any atom is 0.335 e. The molecule has 0 radical (unpaired) electrons. The highest BCUT2D eigenvalue weighted by Crippen LogP contribution is 2.34. The summed E-state index contributed by atoms with van der Waals surface area (Å²) in [6, 6.07) is 12.2. The van der Waals surface area contributed by atoms with Gasteiger partial charge in [-0.1, -0.05) is 12.1 Å². The molecular formula is C17H16N2O6S. The molecule has 1 heterocycles. The first-order valence-corrected chi connectivity index (χ1v) is 9.48. The van der Waals surface area contributed by atoms with Crippen LogP contribution in [0.3, 0.4) is 0 Å². The number of carbonyl (C=O) groups excluding carboxylic acids is 1. The van der Waals surface area contributed by atoms with E-state index < -0.39 is 28.0 Å². The van der Waals surface area contributed by atoms with Gasteiger partial charge in [0.1, 0.15) is 5.75 Å². The van der Waals surface area contributed by atoms with Crippen molar-refractivity contribution in [3.8, 4) is 5.75 Å². The SMILES string of the molecule is CS(=O)(=O)N1CC(C(=O)Nc2ccc(C(=O)O)cc2)Oc2ccccc21. The van der Waals surface area contributed by atoms with Crippen LogP contribution >= 0.6 is 0 Å². The standard InChI is InChI=1S/C17H16N2O6S/c1-26(23,24)19-10-15(25-14-5-3-2-4-13(14)19)16(20)18-12-8-6-11(7-9-12)17(21)22/h2-9,15H,10H2,1H3,(H,18,20)(H,21,22). The smallest absolute Gasteiger partial charge is 0.335 e. The number of ether oxygens (including phenoxy) is 1. The molecule has 9 heteroatoms. The van der Waals surface area contributed by atoms with Crippen LogP contribution in [-0.4, -0.2) is 44.3 Å². The number of carbonyl (C=O) groups is 2. The van der Waals surface area contributed by atoms with Crippen molar-refractivity contribution in [3.05, 3.63) is 54.1 Å². The van der Waals surface area contributed by atoms with Crippen molar-refractivity contribution in [2.75, 3.05) is 22.4 Å². The van der Waals surface area contributed by atoms with Gasteiger partial charge in [0.05, 0.1) is 24.1 Å². The Hall–Kier alpha value is -3.07. The molecule has 26 heavy (non-hydrogen) atoms. The quantitative estimate of drug-likeness (QED) is 0.837. The van der Waals surface area contributed by atoms with Crippen molar-refractivity contribution >= 4 is 33.3 Å². The summed E-state index contributed by atoms with van der Waals surface area (Å²) in [6.45, 7) is -0.158. The second-order valence-electron chi connectivity index (χ2n) is 5.74. The van der Waals surface area contributed by atoms with Gasteiger partial charge in [-0.2, -0.15) is 0 Å². The molecule has 1 aliphatic heterocycles. The molecule has 0 bridgehead atoms. The van der Waals surface area contributed by atoms with Gasteiger partial charge in [0.2, 0.25) is 10.0 Å². The number of carboxylic acid groups (broad SMARTS) is 1. The predicted octanol–water partition coefficient (Wildman–Crippen LogP) is 1.55. The number of nitrogens with zero attached hydrogens (tertiary/aromatic N) is 1. The van der Waals surface area contributed by atoms with Crippen LogP contribution in [-0.2, 0) is 14.8 Å². The van der Waals surface area contributed by atoms with E-state index >= 15 is 0 Å². The van der Waals surface area contributed by atoms with Crippen molar-refractivity contribution in [2.45, 2.75) is 6.10 Å². The van der Waals surface area contributed by atoms with Crippen LogP contribution in [0.2, 0.25) is 0 Å². The number of aromatic carboxylic acids is 1. The van der Waals surface area contributed by atoms with E-state index in [0.717, 1.165) is 10.6 Å². The average molecular weight is 376 g/mol. The molecule has 2 aromatic carbocycles. The van der Waals surface area contributed by atoms with Gasteiger partial charge in [-0.3, -0.25) is 9.10 Å². The molecular weight excluding hydrogens is 360 g/mol. The average Bonchev–Trinajstić information content (AvgIpc) is 2.60. The van der Waals surface area contributed by atoms with Gasteiger partial charge < -0.3 is 15.2 Å². The van der Waals surface area contributed by atoms with Gasteiger partial charge in [-0.15, -0.1) is 0 Å². The van der Waals surface area contributed by atoms with Crippen LogP contribution < -0.4 is 14.4 Å². The number of sulfonamides is 1. The van der Waals surface area contributed by atoms with E-state index in [2.05, 4.69) is 5.32 Å². The number of amides is 1. The Morgan fingerprint density at radius 3 is 2.42 bits per heavy atom. The molecule has 1 atom stereocenters. The first kappa shape index (κ1) is 17.7. The molecule has 1 unspecified atom stereocenters. The third-order valence-corrected chi connectivity index (χ3v) is 4.97. The van der Waals surface area contributed by atoms with E-state index in [4.69, 9.17) is 9.84 Å². The van der Waals surface area contributed by atoms with Crippen LogP contribution in [0.15, 0.2) is 48.5 Å². The van der Waals surface area contributed by atoms with Crippen molar-refractivity contribution in [1.29, 1.82) is 0 Å². The van der Waals surface area contributed by atoms with Gasteiger partial charge in [0.25, 0.3) is 5.91 Å². The highest BCUT2D eigenvalue weighted by Gasteiger charge is 2.34. The topological polar surface area (TPSA) is 113 Å². The summed E-state index contributed by atoms with van der Waals surface area (Å²) in [5.41, 5.74) is 0.854. The lowest BCUT2D eigenvalue weighted by Crippen LogP contribution is -2.48. The molecule has 3 rings (SSSR count). The zero-order chi connectivity index (χ0) is 18.9. The fourth-order valence-electron chi connectivity index (χ4n) is 2.57. The predicted molar refractivity (Wildman–Crippen MR) is 95.1 cm³/mol. The number of para-hydroxylation sites is 2. The number of fused-ring (bicyclic) bond motifs is 1. The summed E-state index contributed by atoms with van der Waals surface area (Å²) in [5.74, 6) is -1.30. The van der Waals surface area contributed by atoms with Crippen LogP contribution in [0.1, 0.15) is 10.4 Å². The molecule has 0 fully saturated rings. The molecule has 136 valence electrons. The Kier molecular flexibility index (Phi) is 4.56. The Balaban J connectivity index is 1.81. The van der Waals surface area contributed by atoms with E-state index in [-0.39, 0.29) is 12.1 Å². The van der Waals surface area contributed by atoms with Gasteiger partial charge in [0.15, 0.2) is 6.10 Å². The highest BCUT2D eigenvalue weighted by molar-refractivity contribution is 7.92. The number of hydrogen-bond acceptors (Lipinski definition) is 5. The monoisotopic (exact) mass is 376 g/mol. The molecule has 8 nitrogen and oxygen atoms in total. The third kappa shape index (κ3) is 3.62. The van der Waals surface area contributed by atoms with Crippen molar-refractivity contribution in [2.24, 2.45) is 0 Å². The lowest BCUT2D eigenvalue weighted by Gasteiger charge is -2.33. The summed E-state index contributed by atoms with van der Waals surface area (Å²) in [4.78, 5) is 23.4. The number of anilines is 2. The molecule has 0 spiro atoms. The van der Waals surface area contributed by atoms with Crippen LogP contribution in [0.5, 0.6) is 5.75 Å². The highest BCUT2D eigenvalue weighted by atomic mass is 32.2. The van der Waals surface area contributed by atoms with Crippen molar-refractivity contribution in [1.82, 2.24) is 0 Å². The molecule has 1 amide bonds. The minimum Gasteiger partial charge on any atom is -0.478 e. The maximum atomic E-state index is 12.5. The summed E-state index contributed by atoms with van der Waals surface area (Å²) >= 11 is 0. The second-order valence-corrected chi connectivity index (χ2v) is 7.65.